The second-order valence-electron chi connectivity index (χ2n) is 10.5. The molecule has 0 radical (unpaired) electrons. The molecule has 69 heavy (non-hydrogen) atoms. The number of hydrogen-bond donors (Lipinski definition) is 0. The Morgan fingerprint density at radius 3 is 1.32 bits per heavy atom. The van der Waals surface area contributed by atoms with E-state index < -0.39 is 78.3 Å². The van der Waals surface area contributed by atoms with Crippen molar-refractivity contribution in [3.8, 4) is 5.75 Å². The van der Waals surface area contributed by atoms with Gasteiger partial charge in [0.25, 0.3) is 15.7 Å². The van der Waals surface area contributed by atoms with Crippen LogP contribution in [0.15, 0.2) is 77.2 Å². The summed E-state index contributed by atoms with van der Waals surface area (Å²) in [4.78, 5) is 68.1. The third-order valence-corrected chi connectivity index (χ3v) is 7.66. The summed E-state index contributed by atoms with van der Waals surface area (Å²) in [6, 6.07) is 17.2. The molecule has 0 aliphatic carbocycles. The van der Waals surface area contributed by atoms with E-state index in [9.17, 15) is 95.6 Å². The van der Waals surface area contributed by atoms with Gasteiger partial charge < -0.3 is 9.15 Å². The third-order valence-electron chi connectivity index (χ3n) is 5.90. The number of allylic oxidation sites excluding steroid dienone is 2. The molecule has 1 aromatic heterocycles. The monoisotopic (exact) mass is 1220 g/mol. The summed E-state index contributed by atoms with van der Waals surface area (Å²) in [7, 11) is 1.66. The lowest BCUT2D eigenvalue weighted by molar-refractivity contribution is -0.402. The number of nitro groups is 1. The molecule has 0 amide bonds. The number of benzene rings is 2. The molecule has 0 atom stereocenters. The fraction of sp³-hybridized carbons (Fsp3) is 0.235. The quantitative estimate of drug-likeness (QED) is 0.0425. The zero-order valence-electron chi connectivity index (χ0n) is 32.5. The molecular formula is C34H21Cl10F14NO10. The van der Waals surface area contributed by atoms with Crippen LogP contribution in [0.5, 0.6) is 5.75 Å². The van der Waals surface area contributed by atoms with Gasteiger partial charge in [-0.25, -0.2) is 0 Å². The molecule has 35 heteroatoms. The highest BCUT2D eigenvalue weighted by molar-refractivity contribution is 6.68. The minimum Gasteiger partial charge on any atom is -0.496 e. The number of hydrogen-bond acceptors (Lipinski definition) is 10. The molecule has 0 saturated heterocycles. The lowest BCUT2D eigenvalue weighted by Crippen LogP contribution is -2.59. The fourth-order valence-corrected chi connectivity index (χ4v) is 3.62. The smallest absolute Gasteiger partial charge is 0.466 e. The molecule has 0 fully saturated rings. The van der Waals surface area contributed by atoms with Gasteiger partial charge in [-0.2, -0.15) is 61.5 Å². The number of carbonyl (C=O) groups is 6. The number of nitrogens with zero attached hydrogens (tertiary/aromatic N) is 1. The summed E-state index contributed by atoms with van der Waals surface area (Å²) >= 11 is 37.3. The van der Waals surface area contributed by atoms with Crippen LogP contribution in [0.4, 0.5) is 67.3 Å². The second kappa shape index (κ2) is 33.1. The van der Waals surface area contributed by atoms with Gasteiger partial charge in [-0.3, -0.25) is 38.9 Å². The van der Waals surface area contributed by atoms with Crippen molar-refractivity contribution in [2.45, 2.75) is 36.0 Å². The van der Waals surface area contributed by atoms with Gasteiger partial charge in [0.05, 0.1) is 13.2 Å². The Morgan fingerprint density at radius 2 is 1.04 bits per heavy atom. The summed E-state index contributed by atoms with van der Waals surface area (Å²) in [6.07, 6.45) is -4.08. The van der Waals surface area contributed by atoms with Crippen LogP contribution in [0.2, 0.25) is 5.02 Å². The van der Waals surface area contributed by atoms with Crippen LogP contribution in [-0.2, 0) is 24.0 Å². The van der Waals surface area contributed by atoms with Gasteiger partial charge in [0.2, 0.25) is 5.24 Å². The molecule has 0 saturated carbocycles. The van der Waals surface area contributed by atoms with Gasteiger partial charge in [-0.15, -0.1) is 36.4 Å². The molecule has 0 aliphatic heterocycles. The first-order valence-electron chi connectivity index (χ1n) is 15.6. The van der Waals surface area contributed by atoms with Crippen LogP contribution >= 0.6 is 118 Å². The van der Waals surface area contributed by atoms with Crippen LogP contribution in [-0.4, -0.2) is 85.4 Å². The molecule has 3 aromatic rings. The van der Waals surface area contributed by atoms with E-state index in [0.717, 1.165) is 29.0 Å². The van der Waals surface area contributed by atoms with Crippen molar-refractivity contribution in [2.24, 2.45) is 0 Å². The first-order chi connectivity index (χ1) is 30.2. The van der Waals surface area contributed by atoms with Gasteiger partial charge in [-0.05, 0) is 106 Å². The highest BCUT2D eigenvalue weighted by Gasteiger charge is 2.77. The molecule has 0 N–H and O–H groups in total. The summed E-state index contributed by atoms with van der Waals surface area (Å²) in [5, 5.41) is -1.81. The molecule has 390 valence electrons. The van der Waals surface area contributed by atoms with E-state index in [0.29, 0.717) is 10.9 Å². The van der Waals surface area contributed by atoms with Crippen molar-refractivity contribution < 1.29 is 104 Å². The van der Waals surface area contributed by atoms with E-state index in [2.05, 4.69) is 50.8 Å². The molecule has 11 nitrogen and oxygen atoms in total. The van der Waals surface area contributed by atoms with Crippen LogP contribution in [0, 0.1) is 10.1 Å². The summed E-state index contributed by atoms with van der Waals surface area (Å²) in [5.74, 6) is -22.8. The molecule has 0 aliphatic rings. The van der Waals surface area contributed by atoms with Crippen molar-refractivity contribution in [1.29, 1.82) is 0 Å². The minimum atomic E-state index is -6.29. The number of rotatable bonds is 12. The van der Waals surface area contributed by atoms with Crippen LogP contribution in [0.3, 0.4) is 0 Å². The number of halogens is 24. The molecule has 0 spiro atoms. The zero-order valence-corrected chi connectivity index (χ0v) is 40.1. The molecule has 0 unspecified atom stereocenters. The third kappa shape index (κ3) is 26.4. The average molecular weight is 1220 g/mol. The summed E-state index contributed by atoms with van der Waals surface area (Å²) in [5.41, 5.74) is 1.84. The first kappa shape index (κ1) is 74.3. The van der Waals surface area contributed by atoms with Crippen molar-refractivity contribution in [3.05, 3.63) is 105 Å². The van der Waals surface area contributed by atoms with Gasteiger partial charge >= 0.3 is 52.4 Å². The van der Waals surface area contributed by atoms with Gasteiger partial charge in [0.1, 0.15) is 10.7 Å². The summed E-state index contributed by atoms with van der Waals surface area (Å²) < 4.78 is 171. The number of carbonyl (C=O) groups excluding carboxylic acids is 6. The predicted octanol–water partition coefficient (Wildman–Crippen LogP) is 14.2. The number of para-hydroxylation sites is 1. The highest BCUT2D eigenvalue weighted by Crippen LogP contribution is 2.47. The van der Waals surface area contributed by atoms with E-state index in [1.807, 2.05) is 48.6 Å². The Morgan fingerprint density at radius 1 is 0.638 bits per heavy atom. The Hall–Kier alpha value is -3.66. The maximum atomic E-state index is 12.4. The Kier molecular flexibility index (Phi) is 35.6. The average Bonchev–Trinajstić information content (AvgIpc) is 3.72. The van der Waals surface area contributed by atoms with E-state index in [4.69, 9.17) is 55.9 Å². The van der Waals surface area contributed by atoms with E-state index in [-0.39, 0.29) is 30.6 Å². The molecular weight excluding hydrogens is 1200 g/mol. The standard InChI is InChI=1S/C10H11ClO.C9H6Cl2O.C5Cl2F6O2.C5H2ClNO4.C3ClF5O.C2ClF3O.2ClH/c1-12-10-7-3-2-5-9(10)6-4-8-11;10-8-4-2-1-3-7(8)5-6-9(11)12;6-1(14)3(8,9)5(12,13)4(10,11)2(7)15;6-5(8)3-1-2-4(11-3)7(9)10;4-1(10)2(5,6)3(7,8)9;3-1(7)2(4,5)6;;/h2-7H,8H2,1H3;1-6H;;1-2H;;;2*1H. The minimum absolute atomic E-state index is 0. The van der Waals surface area contributed by atoms with Crippen molar-refractivity contribution in [2.75, 3.05) is 13.0 Å². The maximum Gasteiger partial charge on any atom is 0.466 e. The topological polar surface area (TPSA) is 168 Å². The Balaban J connectivity index is -0.000000239. The van der Waals surface area contributed by atoms with Crippen molar-refractivity contribution >= 4 is 167 Å². The first-order valence-corrected chi connectivity index (χ1v) is 18.8. The van der Waals surface area contributed by atoms with Crippen LogP contribution < -0.4 is 4.74 Å². The number of alkyl halides is 15. The van der Waals surface area contributed by atoms with Gasteiger partial charge in [0.15, 0.2) is 5.76 Å². The van der Waals surface area contributed by atoms with E-state index in [1.54, 1.807) is 25.3 Å². The van der Waals surface area contributed by atoms with Crippen LogP contribution in [0.1, 0.15) is 21.7 Å². The van der Waals surface area contributed by atoms with Gasteiger partial charge in [-0.1, -0.05) is 60.2 Å². The summed E-state index contributed by atoms with van der Waals surface area (Å²) in [6.45, 7) is 0. The molecule has 0 bridgehead atoms. The van der Waals surface area contributed by atoms with E-state index >= 15 is 0 Å². The molecule has 3 rings (SSSR count). The lowest BCUT2D eigenvalue weighted by atomic mass is 10.1. The predicted molar refractivity (Wildman–Crippen MR) is 229 cm³/mol. The van der Waals surface area contributed by atoms with Crippen molar-refractivity contribution in [3.63, 3.8) is 0 Å². The van der Waals surface area contributed by atoms with E-state index in [1.165, 1.54) is 6.08 Å². The van der Waals surface area contributed by atoms with Crippen molar-refractivity contribution in [1.82, 2.24) is 0 Å². The SMILES string of the molecule is COc1ccccc1C=CCCl.Cl.Cl.O=C(Cl)C(F)(F)C(F)(F)C(F)(F)C(=O)Cl.O=C(Cl)C(F)(F)C(F)(F)F.O=C(Cl)C(F)(F)F.O=C(Cl)C=Cc1ccccc1Cl.O=C(Cl)c1ccc([N+](=O)[O-])o1. The normalized spacial score (nSPS) is 11.3. The highest BCUT2D eigenvalue weighted by atomic mass is 35.5. The number of ether oxygens (including phenoxy) is 1. The fourth-order valence-electron chi connectivity index (χ4n) is 2.83. The maximum absolute atomic E-state index is 12.4. The lowest BCUT2D eigenvalue weighted by Gasteiger charge is -2.27. The Bertz CT molecular complexity index is 2170. The van der Waals surface area contributed by atoms with Crippen LogP contribution in [0.25, 0.3) is 12.2 Å². The second-order valence-corrected chi connectivity index (χ2v) is 13.3. The largest absolute Gasteiger partial charge is 0.496 e. The number of methoxy groups -OCH3 is 1. The zero-order chi connectivity index (χ0) is 53.5. The Labute approximate surface area is 428 Å². The van der Waals surface area contributed by atoms with Gasteiger partial charge in [0, 0.05) is 16.5 Å². The number of furan rings is 1. The molecule has 1 heterocycles. The molecule has 2 aromatic carbocycles.